The minimum absolute atomic E-state index is 0.616. The van der Waals surface area contributed by atoms with Crippen molar-refractivity contribution in [2.75, 3.05) is 18.0 Å². The first-order valence-electron chi connectivity index (χ1n) is 8.57. The van der Waals surface area contributed by atoms with Crippen molar-refractivity contribution in [3.63, 3.8) is 0 Å². The third kappa shape index (κ3) is 3.13. The summed E-state index contributed by atoms with van der Waals surface area (Å²) in [5.74, 6) is 2.08. The lowest BCUT2D eigenvalue weighted by molar-refractivity contribution is 0.577. The smallest absolute Gasteiger partial charge is 0.252 e. The molecule has 0 radical (unpaired) electrons. The molecule has 0 unspecified atom stereocenters. The van der Waals surface area contributed by atoms with Crippen molar-refractivity contribution < 1.29 is 0 Å². The molecule has 1 saturated heterocycles. The number of nitrogens with zero attached hydrogens (tertiary/aromatic N) is 6. The van der Waals surface area contributed by atoms with Crippen LogP contribution in [0.1, 0.15) is 29.2 Å². The van der Waals surface area contributed by atoms with E-state index in [-0.39, 0.29) is 0 Å². The topological polar surface area (TPSA) is 59.2 Å². The number of fused-ring (bicyclic) bond motifs is 1. The molecular weight excluding hydrogens is 380 g/mol. The van der Waals surface area contributed by atoms with Gasteiger partial charge in [0.1, 0.15) is 10.4 Å². The van der Waals surface area contributed by atoms with Gasteiger partial charge in [0.25, 0.3) is 5.78 Å². The average Bonchev–Trinajstić information content (AvgIpc) is 3.18. The number of aromatic nitrogens is 5. The van der Waals surface area contributed by atoms with Crippen LogP contribution in [0.4, 0.5) is 5.69 Å². The summed E-state index contributed by atoms with van der Waals surface area (Å²) < 4.78 is 2.75. The molecule has 3 aromatic rings. The minimum Gasteiger partial charge on any atom is -0.370 e. The van der Waals surface area contributed by atoms with E-state index in [1.807, 2.05) is 23.7 Å². The van der Waals surface area contributed by atoms with E-state index in [0.717, 1.165) is 41.3 Å². The summed E-state index contributed by atoms with van der Waals surface area (Å²) in [5, 5.41) is 4.48. The number of pyridine rings is 1. The van der Waals surface area contributed by atoms with Crippen LogP contribution in [0.15, 0.2) is 22.9 Å². The van der Waals surface area contributed by atoms with E-state index in [1.54, 1.807) is 0 Å². The van der Waals surface area contributed by atoms with E-state index in [9.17, 15) is 0 Å². The van der Waals surface area contributed by atoms with Gasteiger partial charge in [0.05, 0.1) is 11.9 Å². The van der Waals surface area contributed by atoms with Crippen LogP contribution in [0, 0.1) is 26.7 Å². The summed E-state index contributed by atoms with van der Waals surface area (Å²) in [6.07, 6.45) is 4.15. The van der Waals surface area contributed by atoms with E-state index in [4.69, 9.17) is 0 Å². The number of aryl methyl sites for hydroxylation is 3. The monoisotopic (exact) mass is 400 g/mol. The second-order valence-corrected chi connectivity index (χ2v) is 7.59. The number of hydrogen-bond donors (Lipinski definition) is 0. The van der Waals surface area contributed by atoms with Crippen LogP contribution in [-0.2, 0) is 6.42 Å². The molecule has 1 fully saturated rings. The first kappa shape index (κ1) is 16.4. The van der Waals surface area contributed by atoms with Crippen molar-refractivity contribution in [3.8, 4) is 0 Å². The molecule has 7 heteroatoms. The Bertz CT molecular complexity index is 917. The van der Waals surface area contributed by atoms with Gasteiger partial charge in [-0.25, -0.2) is 14.5 Å². The third-order valence-corrected chi connectivity index (χ3v) is 5.48. The first-order valence-corrected chi connectivity index (χ1v) is 9.36. The highest BCUT2D eigenvalue weighted by Gasteiger charge is 2.25. The zero-order valence-electron chi connectivity index (χ0n) is 14.7. The lowest BCUT2D eigenvalue weighted by Gasteiger charge is -2.19. The molecule has 3 aromatic heterocycles. The molecule has 0 spiro atoms. The van der Waals surface area contributed by atoms with Gasteiger partial charge < -0.3 is 4.90 Å². The Morgan fingerprint density at radius 2 is 2.04 bits per heavy atom. The summed E-state index contributed by atoms with van der Waals surface area (Å²) in [6, 6.07) is 4.13. The molecule has 1 aliphatic heterocycles. The van der Waals surface area contributed by atoms with E-state index in [1.165, 1.54) is 17.7 Å². The number of rotatable bonds is 3. The highest BCUT2D eigenvalue weighted by Crippen LogP contribution is 2.28. The number of hydrogen-bond acceptors (Lipinski definition) is 5. The maximum atomic E-state index is 4.65. The summed E-state index contributed by atoms with van der Waals surface area (Å²) in [4.78, 5) is 15.8. The molecule has 0 saturated carbocycles. The molecule has 0 N–H and O–H groups in total. The molecular formula is C18H21BrN6. The molecule has 0 bridgehead atoms. The zero-order chi connectivity index (χ0) is 17.6. The van der Waals surface area contributed by atoms with Crippen molar-refractivity contribution in [1.82, 2.24) is 24.6 Å². The normalized spacial score (nSPS) is 17.6. The standard InChI is InChI=1S/C18H21BrN6/c1-11-16(12(2)25-18(21-11)22-13(3)23-25)8-14-6-7-24(10-14)15-4-5-17(19)20-9-15/h4-5,9,14H,6-8,10H2,1-3H3/t14-/m0/s1. The van der Waals surface area contributed by atoms with Crippen molar-refractivity contribution in [3.05, 3.63) is 45.7 Å². The molecule has 1 aliphatic rings. The summed E-state index contributed by atoms with van der Waals surface area (Å²) in [6.45, 7) is 8.24. The second kappa shape index (κ2) is 6.37. The van der Waals surface area contributed by atoms with Crippen LogP contribution >= 0.6 is 15.9 Å². The van der Waals surface area contributed by atoms with Crippen LogP contribution in [-0.4, -0.2) is 37.7 Å². The van der Waals surface area contributed by atoms with E-state index in [2.05, 4.69) is 60.8 Å². The average molecular weight is 401 g/mol. The fourth-order valence-electron chi connectivity index (χ4n) is 3.68. The molecule has 0 amide bonds. The van der Waals surface area contributed by atoms with Gasteiger partial charge in [0.2, 0.25) is 0 Å². The number of anilines is 1. The van der Waals surface area contributed by atoms with E-state index < -0.39 is 0 Å². The molecule has 130 valence electrons. The Hall–Kier alpha value is -2.02. The maximum Gasteiger partial charge on any atom is 0.252 e. The molecule has 6 nitrogen and oxygen atoms in total. The number of halogens is 1. The molecule has 4 rings (SSSR count). The van der Waals surface area contributed by atoms with Crippen LogP contribution < -0.4 is 4.90 Å². The van der Waals surface area contributed by atoms with Crippen LogP contribution in [0.25, 0.3) is 5.78 Å². The largest absolute Gasteiger partial charge is 0.370 e. The van der Waals surface area contributed by atoms with Gasteiger partial charge in [-0.1, -0.05) is 0 Å². The maximum absolute atomic E-state index is 4.65. The van der Waals surface area contributed by atoms with E-state index >= 15 is 0 Å². The van der Waals surface area contributed by atoms with Crippen molar-refractivity contribution >= 4 is 27.4 Å². The van der Waals surface area contributed by atoms with Gasteiger partial charge >= 0.3 is 0 Å². The quantitative estimate of drug-likeness (QED) is 0.631. The Labute approximate surface area is 155 Å². The minimum atomic E-state index is 0.616. The van der Waals surface area contributed by atoms with Gasteiger partial charge in [0.15, 0.2) is 0 Å². The van der Waals surface area contributed by atoms with Crippen LogP contribution in [0.2, 0.25) is 0 Å². The fraction of sp³-hybridized carbons (Fsp3) is 0.444. The van der Waals surface area contributed by atoms with Crippen molar-refractivity contribution in [1.29, 1.82) is 0 Å². The SMILES string of the molecule is Cc1nc2nc(C)c(C[C@@H]3CCN(c4ccc(Br)nc4)C3)c(C)n2n1. The first-order chi connectivity index (χ1) is 12.0. The fourth-order valence-corrected chi connectivity index (χ4v) is 3.92. The van der Waals surface area contributed by atoms with Crippen molar-refractivity contribution in [2.45, 2.75) is 33.6 Å². The van der Waals surface area contributed by atoms with Crippen LogP contribution in [0.5, 0.6) is 0 Å². The highest BCUT2D eigenvalue weighted by atomic mass is 79.9. The zero-order valence-corrected chi connectivity index (χ0v) is 16.3. The summed E-state index contributed by atoms with van der Waals surface area (Å²) in [7, 11) is 0. The second-order valence-electron chi connectivity index (χ2n) is 6.78. The van der Waals surface area contributed by atoms with Gasteiger partial charge in [-0.3, -0.25) is 0 Å². The third-order valence-electron chi connectivity index (χ3n) is 5.01. The highest BCUT2D eigenvalue weighted by molar-refractivity contribution is 9.10. The Kier molecular flexibility index (Phi) is 4.19. The van der Waals surface area contributed by atoms with Gasteiger partial charge in [-0.15, -0.1) is 0 Å². The lowest BCUT2D eigenvalue weighted by atomic mass is 9.96. The predicted octanol–water partition coefficient (Wildman–Crippen LogP) is 3.28. The Morgan fingerprint density at radius 3 is 2.80 bits per heavy atom. The molecule has 0 aromatic carbocycles. The van der Waals surface area contributed by atoms with Gasteiger partial charge in [-0.05, 0) is 73.2 Å². The summed E-state index contributed by atoms with van der Waals surface area (Å²) >= 11 is 3.40. The van der Waals surface area contributed by atoms with Gasteiger partial charge in [0, 0.05) is 24.5 Å². The summed E-state index contributed by atoms with van der Waals surface area (Å²) in [5.41, 5.74) is 4.73. The Balaban J connectivity index is 1.55. The molecule has 0 aliphatic carbocycles. The van der Waals surface area contributed by atoms with E-state index in [0.29, 0.717) is 11.7 Å². The van der Waals surface area contributed by atoms with Crippen molar-refractivity contribution in [2.24, 2.45) is 5.92 Å². The molecule has 25 heavy (non-hydrogen) atoms. The molecule has 4 heterocycles. The lowest BCUT2D eigenvalue weighted by Crippen LogP contribution is -2.21. The molecule has 1 atom stereocenters. The Morgan fingerprint density at radius 1 is 1.20 bits per heavy atom. The predicted molar refractivity (Wildman–Crippen MR) is 101 cm³/mol. The van der Waals surface area contributed by atoms with Crippen LogP contribution in [0.3, 0.4) is 0 Å². The van der Waals surface area contributed by atoms with Gasteiger partial charge in [-0.2, -0.15) is 10.1 Å².